The first-order valence-electron chi connectivity index (χ1n) is 4.96. The van der Waals surface area contributed by atoms with Crippen molar-refractivity contribution in [3.63, 3.8) is 0 Å². The SMILES string of the molecule is O=C(O)C(O)CCNS(=O)(=O)c1c[nH]c(=O)[nH]c1=O. The third-order valence-corrected chi connectivity index (χ3v) is 3.54. The van der Waals surface area contributed by atoms with E-state index in [9.17, 15) is 22.8 Å². The summed E-state index contributed by atoms with van der Waals surface area (Å²) >= 11 is 0. The Morgan fingerprint density at radius 2 is 2.05 bits per heavy atom. The van der Waals surface area contributed by atoms with Gasteiger partial charge in [-0.15, -0.1) is 0 Å². The van der Waals surface area contributed by atoms with Crippen molar-refractivity contribution in [1.29, 1.82) is 0 Å². The van der Waals surface area contributed by atoms with E-state index in [-0.39, 0.29) is 13.0 Å². The number of aromatic nitrogens is 2. The van der Waals surface area contributed by atoms with Crippen LogP contribution in [-0.4, -0.2) is 47.2 Å². The maximum absolute atomic E-state index is 11.6. The molecule has 0 aliphatic heterocycles. The molecule has 1 atom stereocenters. The fraction of sp³-hybridized carbons (Fsp3) is 0.375. The molecular formula is C8H11N3O7S. The largest absolute Gasteiger partial charge is 0.479 e. The summed E-state index contributed by atoms with van der Waals surface area (Å²) in [5.74, 6) is -1.49. The van der Waals surface area contributed by atoms with Crippen LogP contribution in [0.15, 0.2) is 20.7 Å². The highest BCUT2D eigenvalue weighted by Gasteiger charge is 2.20. The van der Waals surface area contributed by atoms with Gasteiger partial charge in [-0.2, -0.15) is 0 Å². The molecule has 0 aliphatic carbocycles. The fourth-order valence-corrected chi connectivity index (χ4v) is 2.18. The minimum Gasteiger partial charge on any atom is -0.479 e. The van der Waals surface area contributed by atoms with Crippen LogP contribution < -0.4 is 16.0 Å². The molecule has 0 bridgehead atoms. The number of carboxylic acids is 1. The number of hydrogen-bond acceptors (Lipinski definition) is 6. The van der Waals surface area contributed by atoms with E-state index in [0.717, 1.165) is 6.20 Å². The van der Waals surface area contributed by atoms with E-state index >= 15 is 0 Å². The van der Waals surface area contributed by atoms with Crippen LogP contribution in [0.25, 0.3) is 0 Å². The van der Waals surface area contributed by atoms with E-state index in [1.807, 2.05) is 9.71 Å². The van der Waals surface area contributed by atoms with Crippen LogP contribution in [-0.2, 0) is 14.8 Å². The maximum Gasteiger partial charge on any atom is 0.332 e. The second-order valence-electron chi connectivity index (χ2n) is 3.48. The van der Waals surface area contributed by atoms with E-state index < -0.39 is 38.2 Å². The van der Waals surface area contributed by atoms with Crippen LogP contribution in [0.3, 0.4) is 0 Å². The number of aliphatic hydroxyl groups excluding tert-OH is 1. The highest BCUT2D eigenvalue weighted by molar-refractivity contribution is 7.89. The van der Waals surface area contributed by atoms with Gasteiger partial charge < -0.3 is 15.2 Å². The third kappa shape index (κ3) is 4.01. The van der Waals surface area contributed by atoms with Gasteiger partial charge in [-0.05, 0) is 6.42 Å². The standard InChI is InChI=1S/C8H11N3O7S/c12-4(7(14)15)1-2-10-19(17,18)5-3-9-8(16)11-6(5)13/h3-4,10,12H,1-2H2,(H,14,15)(H2,9,11,13,16). The lowest BCUT2D eigenvalue weighted by Crippen LogP contribution is -2.35. The molecule has 0 saturated carbocycles. The van der Waals surface area contributed by atoms with E-state index in [0.29, 0.717) is 0 Å². The topological polar surface area (TPSA) is 169 Å². The number of aromatic amines is 2. The molecular weight excluding hydrogens is 282 g/mol. The number of carbonyl (C=O) groups is 1. The number of nitrogens with one attached hydrogen (secondary N) is 3. The van der Waals surface area contributed by atoms with Crippen molar-refractivity contribution >= 4 is 16.0 Å². The number of sulfonamides is 1. The van der Waals surface area contributed by atoms with Crippen molar-refractivity contribution in [3.8, 4) is 0 Å². The molecule has 0 aromatic carbocycles. The highest BCUT2D eigenvalue weighted by atomic mass is 32.2. The molecule has 5 N–H and O–H groups in total. The summed E-state index contributed by atoms with van der Waals surface area (Å²) in [6.07, 6.45) is -1.36. The van der Waals surface area contributed by atoms with Crippen LogP contribution in [0.4, 0.5) is 0 Å². The van der Waals surface area contributed by atoms with E-state index in [1.54, 1.807) is 4.98 Å². The van der Waals surface area contributed by atoms with Crippen LogP contribution in [0.1, 0.15) is 6.42 Å². The Bertz CT molecular complexity index is 674. The van der Waals surface area contributed by atoms with Crippen LogP contribution in [0, 0.1) is 0 Å². The molecule has 10 nitrogen and oxygen atoms in total. The lowest BCUT2D eigenvalue weighted by atomic mass is 10.3. The first kappa shape index (κ1) is 15.1. The zero-order valence-corrected chi connectivity index (χ0v) is 10.2. The van der Waals surface area contributed by atoms with Crippen molar-refractivity contribution in [2.24, 2.45) is 0 Å². The van der Waals surface area contributed by atoms with Gasteiger partial charge in [-0.1, -0.05) is 0 Å². The molecule has 19 heavy (non-hydrogen) atoms. The average molecular weight is 293 g/mol. The number of hydrogen-bond donors (Lipinski definition) is 5. The molecule has 1 heterocycles. The van der Waals surface area contributed by atoms with Gasteiger partial charge in [0.05, 0.1) is 0 Å². The summed E-state index contributed by atoms with van der Waals surface area (Å²) < 4.78 is 25.2. The van der Waals surface area contributed by atoms with E-state index in [4.69, 9.17) is 10.2 Å². The second-order valence-corrected chi connectivity index (χ2v) is 5.21. The molecule has 1 aromatic rings. The van der Waals surface area contributed by atoms with Crippen LogP contribution in [0.5, 0.6) is 0 Å². The predicted molar refractivity (Wildman–Crippen MR) is 61.1 cm³/mol. The summed E-state index contributed by atoms with van der Waals surface area (Å²) in [7, 11) is -4.20. The quantitative estimate of drug-likeness (QED) is 0.376. The zero-order valence-electron chi connectivity index (χ0n) is 9.41. The molecule has 0 fully saturated rings. The van der Waals surface area contributed by atoms with Gasteiger partial charge in [0, 0.05) is 12.7 Å². The molecule has 1 unspecified atom stereocenters. The fourth-order valence-electron chi connectivity index (χ4n) is 1.13. The van der Waals surface area contributed by atoms with Gasteiger partial charge in [0.1, 0.15) is 0 Å². The molecule has 1 rings (SSSR count). The normalized spacial score (nSPS) is 13.1. The molecule has 11 heteroatoms. The number of aliphatic hydroxyl groups is 1. The lowest BCUT2D eigenvalue weighted by molar-refractivity contribution is -0.146. The van der Waals surface area contributed by atoms with Gasteiger partial charge in [0.15, 0.2) is 11.0 Å². The Morgan fingerprint density at radius 1 is 1.42 bits per heavy atom. The average Bonchev–Trinajstić information content (AvgIpc) is 2.27. The number of carboxylic acid groups (broad SMARTS) is 1. The second kappa shape index (κ2) is 5.77. The van der Waals surface area contributed by atoms with Gasteiger partial charge in [0.25, 0.3) is 5.56 Å². The molecule has 0 aliphatic rings. The van der Waals surface area contributed by atoms with E-state index in [1.165, 1.54) is 0 Å². The van der Waals surface area contributed by atoms with Gasteiger partial charge >= 0.3 is 11.7 Å². The lowest BCUT2D eigenvalue weighted by Gasteiger charge is -2.07. The number of rotatable bonds is 6. The maximum atomic E-state index is 11.6. The summed E-state index contributed by atoms with van der Waals surface area (Å²) in [4.78, 5) is 35.3. The Labute approximate surface area is 106 Å². The summed E-state index contributed by atoms with van der Waals surface area (Å²) in [5.41, 5.74) is -1.96. The van der Waals surface area contributed by atoms with Gasteiger partial charge in [-0.3, -0.25) is 9.78 Å². The van der Waals surface area contributed by atoms with Crippen molar-refractivity contribution in [1.82, 2.24) is 14.7 Å². The van der Waals surface area contributed by atoms with Crippen LogP contribution >= 0.6 is 0 Å². The molecule has 1 aromatic heterocycles. The van der Waals surface area contributed by atoms with Gasteiger partial charge in [0.2, 0.25) is 10.0 Å². The minimum atomic E-state index is -4.20. The van der Waals surface area contributed by atoms with Crippen molar-refractivity contribution in [3.05, 3.63) is 27.0 Å². The minimum absolute atomic E-state index is 0.365. The number of aliphatic carboxylic acids is 1. The summed E-state index contributed by atoms with van der Waals surface area (Å²) in [6, 6.07) is 0. The number of H-pyrrole nitrogens is 2. The first-order chi connectivity index (χ1) is 8.74. The summed E-state index contributed by atoms with van der Waals surface area (Å²) in [5, 5.41) is 17.3. The molecule has 106 valence electrons. The van der Waals surface area contributed by atoms with E-state index in [2.05, 4.69) is 0 Å². The Morgan fingerprint density at radius 3 is 2.58 bits per heavy atom. The first-order valence-corrected chi connectivity index (χ1v) is 6.45. The highest BCUT2D eigenvalue weighted by Crippen LogP contribution is 1.99. The Balaban J connectivity index is 2.80. The summed E-state index contributed by atoms with van der Waals surface area (Å²) in [6.45, 7) is -0.381. The Hall–Kier alpha value is -1.98. The van der Waals surface area contributed by atoms with Crippen molar-refractivity contribution in [2.75, 3.05) is 6.54 Å². The third-order valence-electron chi connectivity index (χ3n) is 2.07. The molecule has 0 spiro atoms. The Kier molecular flexibility index (Phi) is 4.58. The predicted octanol–water partition coefficient (Wildman–Crippen LogP) is -2.82. The smallest absolute Gasteiger partial charge is 0.332 e. The molecule has 0 amide bonds. The zero-order chi connectivity index (χ0) is 14.6. The van der Waals surface area contributed by atoms with Gasteiger partial charge in [-0.25, -0.2) is 22.7 Å². The molecule has 0 saturated heterocycles. The van der Waals surface area contributed by atoms with Crippen LogP contribution in [0.2, 0.25) is 0 Å². The monoisotopic (exact) mass is 293 g/mol. The van der Waals surface area contributed by atoms with Crippen molar-refractivity contribution < 1.29 is 23.4 Å². The van der Waals surface area contributed by atoms with Crippen molar-refractivity contribution in [2.45, 2.75) is 17.4 Å². The molecule has 0 radical (unpaired) electrons.